The number of benzene rings is 1. The van der Waals surface area contributed by atoms with Gasteiger partial charge in [0.05, 0.1) is 12.5 Å². The van der Waals surface area contributed by atoms with Gasteiger partial charge in [-0.05, 0) is 36.0 Å². The number of nitrogens with one attached hydrogen (secondary N) is 1. The Hall–Kier alpha value is -1.67. The number of hydrogen-bond donors (Lipinski definition) is 2. The summed E-state index contributed by atoms with van der Waals surface area (Å²) >= 11 is 4.61. The summed E-state index contributed by atoms with van der Waals surface area (Å²) in [6, 6.07) is 6.13. The molecule has 0 heterocycles. The van der Waals surface area contributed by atoms with E-state index < -0.39 is 5.82 Å². The van der Waals surface area contributed by atoms with Gasteiger partial charge >= 0.3 is 0 Å². The molecule has 0 amide bonds. The fourth-order valence-corrected chi connectivity index (χ4v) is 1.18. The molecule has 0 bridgehead atoms. The summed E-state index contributed by atoms with van der Waals surface area (Å²) in [6.07, 6.45) is 0.157. The van der Waals surface area contributed by atoms with Gasteiger partial charge in [0, 0.05) is 5.69 Å². The van der Waals surface area contributed by atoms with Crippen molar-refractivity contribution in [2.24, 2.45) is 5.73 Å². The van der Waals surface area contributed by atoms with Gasteiger partial charge in [-0.1, -0.05) is 0 Å². The summed E-state index contributed by atoms with van der Waals surface area (Å²) in [5.41, 5.74) is 6.28. The lowest BCUT2D eigenvalue weighted by atomic mass is 10.1. The second-order valence-electron chi connectivity index (χ2n) is 2.67. The van der Waals surface area contributed by atoms with Crippen molar-refractivity contribution < 1.29 is 4.39 Å². The van der Waals surface area contributed by atoms with Crippen LogP contribution in [0, 0.1) is 17.1 Å². The fraction of sp³-hybridized carbons (Fsp3) is 0.111. The number of anilines is 1. The summed E-state index contributed by atoms with van der Waals surface area (Å²) < 4.78 is 13.0. The van der Waals surface area contributed by atoms with E-state index in [0.29, 0.717) is 11.3 Å². The van der Waals surface area contributed by atoms with E-state index in [4.69, 9.17) is 11.0 Å². The van der Waals surface area contributed by atoms with Crippen LogP contribution >= 0.6 is 12.2 Å². The Kier molecular flexibility index (Phi) is 3.37. The van der Waals surface area contributed by atoms with Crippen LogP contribution < -0.4 is 11.1 Å². The molecule has 5 heteroatoms. The molecular formula is C9H8FN3S. The topological polar surface area (TPSA) is 61.8 Å². The van der Waals surface area contributed by atoms with Gasteiger partial charge in [0.1, 0.15) is 5.82 Å². The zero-order valence-electron chi connectivity index (χ0n) is 7.25. The van der Waals surface area contributed by atoms with Gasteiger partial charge in [-0.2, -0.15) is 5.26 Å². The molecule has 0 atom stereocenters. The van der Waals surface area contributed by atoms with E-state index in [1.807, 2.05) is 6.07 Å². The predicted octanol–water partition coefficient (Wildman–Crippen LogP) is 1.55. The SMILES string of the molecule is N#CCc1cc(F)cc(NC(N)=S)c1. The van der Waals surface area contributed by atoms with Crippen molar-refractivity contribution in [1.82, 2.24) is 0 Å². The third-order valence-corrected chi connectivity index (χ3v) is 1.61. The predicted molar refractivity (Wildman–Crippen MR) is 56.1 cm³/mol. The van der Waals surface area contributed by atoms with Crippen molar-refractivity contribution in [3.63, 3.8) is 0 Å². The minimum Gasteiger partial charge on any atom is -0.376 e. The average Bonchev–Trinajstić information content (AvgIpc) is 2.01. The van der Waals surface area contributed by atoms with Gasteiger partial charge in [-0.15, -0.1) is 0 Å². The van der Waals surface area contributed by atoms with Gasteiger partial charge in [0.2, 0.25) is 0 Å². The molecule has 72 valence electrons. The second kappa shape index (κ2) is 4.53. The van der Waals surface area contributed by atoms with Crippen molar-refractivity contribution in [2.75, 3.05) is 5.32 Å². The van der Waals surface area contributed by atoms with Crippen LogP contribution in [0.4, 0.5) is 10.1 Å². The maximum atomic E-state index is 13.0. The standard InChI is InChI=1S/C9H8FN3S/c10-7-3-6(1-2-11)4-8(5-7)13-9(12)14/h3-5H,1H2,(H3,12,13,14). The molecule has 0 aromatic heterocycles. The van der Waals surface area contributed by atoms with Crippen LogP contribution in [-0.4, -0.2) is 5.11 Å². The molecule has 3 nitrogen and oxygen atoms in total. The fourth-order valence-electron chi connectivity index (χ4n) is 1.06. The van der Waals surface area contributed by atoms with Crippen LogP contribution in [-0.2, 0) is 6.42 Å². The highest BCUT2D eigenvalue weighted by Gasteiger charge is 2.00. The van der Waals surface area contributed by atoms with Gasteiger partial charge < -0.3 is 11.1 Å². The summed E-state index contributed by atoms with van der Waals surface area (Å²) in [5.74, 6) is -0.420. The first-order valence-corrected chi connectivity index (χ1v) is 4.25. The number of nitriles is 1. The molecule has 0 spiro atoms. The van der Waals surface area contributed by atoms with E-state index in [1.165, 1.54) is 12.1 Å². The summed E-state index contributed by atoms with van der Waals surface area (Å²) in [6.45, 7) is 0. The molecular weight excluding hydrogens is 201 g/mol. The van der Waals surface area contributed by atoms with Crippen LogP contribution in [0.2, 0.25) is 0 Å². The molecule has 0 unspecified atom stereocenters. The quantitative estimate of drug-likeness (QED) is 0.725. The number of rotatable bonds is 2. The number of nitrogens with two attached hydrogens (primary N) is 1. The largest absolute Gasteiger partial charge is 0.376 e. The van der Waals surface area contributed by atoms with E-state index in [0.717, 1.165) is 0 Å². The average molecular weight is 209 g/mol. The summed E-state index contributed by atoms with van der Waals surface area (Å²) in [5, 5.41) is 11.1. The van der Waals surface area contributed by atoms with Crippen LogP contribution in [0.1, 0.15) is 5.56 Å². The Morgan fingerprint density at radius 2 is 2.29 bits per heavy atom. The van der Waals surface area contributed by atoms with Crippen LogP contribution in [0.5, 0.6) is 0 Å². The van der Waals surface area contributed by atoms with E-state index in [2.05, 4.69) is 17.5 Å². The van der Waals surface area contributed by atoms with E-state index in [-0.39, 0.29) is 11.5 Å². The maximum absolute atomic E-state index is 13.0. The van der Waals surface area contributed by atoms with Gasteiger partial charge in [0.15, 0.2) is 5.11 Å². The number of hydrogen-bond acceptors (Lipinski definition) is 2. The van der Waals surface area contributed by atoms with Crippen molar-refractivity contribution in [1.29, 1.82) is 5.26 Å². The van der Waals surface area contributed by atoms with Gasteiger partial charge in [-0.3, -0.25) is 0 Å². The Labute approximate surface area is 86.3 Å². The summed E-state index contributed by atoms with van der Waals surface area (Å²) in [7, 11) is 0. The van der Waals surface area contributed by atoms with Crippen molar-refractivity contribution in [2.45, 2.75) is 6.42 Å². The lowest BCUT2D eigenvalue weighted by Gasteiger charge is -2.05. The van der Waals surface area contributed by atoms with Crippen LogP contribution in [0.3, 0.4) is 0 Å². The Bertz CT molecular complexity index is 398. The van der Waals surface area contributed by atoms with Gasteiger partial charge in [-0.25, -0.2) is 4.39 Å². The minimum atomic E-state index is -0.420. The van der Waals surface area contributed by atoms with Crippen molar-refractivity contribution >= 4 is 23.0 Å². The number of thiocarbonyl (C=S) groups is 1. The van der Waals surface area contributed by atoms with Crippen molar-refractivity contribution in [3.05, 3.63) is 29.6 Å². The highest BCUT2D eigenvalue weighted by atomic mass is 32.1. The molecule has 1 rings (SSSR count). The molecule has 0 saturated carbocycles. The Morgan fingerprint density at radius 1 is 1.57 bits per heavy atom. The molecule has 0 fully saturated rings. The molecule has 0 saturated heterocycles. The zero-order chi connectivity index (χ0) is 10.6. The van der Waals surface area contributed by atoms with Crippen LogP contribution in [0.25, 0.3) is 0 Å². The lowest BCUT2D eigenvalue weighted by molar-refractivity contribution is 0.627. The monoisotopic (exact) mass is 209 g/mol. The first kappa shape index (κ1) is 10.4. The van der Waals surface area contributed by atoms with E-state index >= 15 is 0 Å². The molecule has 0 aliphatic rings. The smallest absolute Gasteiger partial charge is 0.168 e. The maximum Gasteiger partial charge on any atom is 0.168 e. The Morgan fingerprint density at radius 3 is 2.86 bits per heavy atom. The molecule has 14 heavy (non-hydrogen) atoms. The highest BCUT2D eigenvalue weighted by Crippen LogP contribution is 2.14. The third-order valence-electron chi connectivity index (χ3n) is 1.51. The molecule has 0 aliphatic carbocycles. The van der Waals surface area contributed by atoms with Crippen LogP contribution in [0.15, 0.2) is 18.2 Å². The number of nitrogens with zero attached hydrogens (tertiary/aromatic N) is 1. The molecule has 1 aromatic carbocycles. The first-order valence-electron chi connectivity index (χ1n) is 3.84. The van der Waals surface area contributed by atoms with Crippen molar-refractivity contribution in [3.8, 4) is 6.07 Å². The molecule has 1 aromatic rings. The lowest BCUT2D eigenvalue weighted by Crippen LogP contribution is -2.19. The normalized spacial score (nSPS) is 9.14. The van der Waals surface area contributed by atoms with E-state index in [9.17, 15) is 4.39 Å². The Balaban J connectivity index is 2.96. The zero-order valence-corrected chi connectivity index (χ0v) is 8.07. The first-order chi connectivity index (χ1) is 6.61. The van der Waals surface area contributed by atoms with E-state index in [1.54, 1.807) is 6.07 Å². The number of halogens is 1. The summed E-state index contributed by atoms with van der Waals surface area (Å²) in [4.78, 5) is 0. The van der Waals surface area contributed by atoms with Gasteiger partial charge in [0.25, 0.3) is 0 Å². The minimum absolute atomic E-state index is 0.0681. The molecule has 0 radical (unpaired) electrons. The molecule has 3 N–H and O–H groups in total. The second-order valence-corrected chi connectivity index (χ2v) is 3.11. The third kappa shape index (κ3) is 2.99. The highest BCUT2D eigenvalue weighted by molar-refractivity contribution is 7.80. The molecule has 0 aliphatic heterocycles.